The molecule has 22 heavy (non-hydrogen) atoms. The molecule has 0 saturated carbocycles. The van der Waals surface area contributed by atoms with Crippen molar-refractivity contribution in [3.8, 4) is 5.75 Å². The van der Waals surface area contributed by atoms with E-state index in [2.05, 4.69) is 10.6 Å². The predicted octanol–water partition coefficient (Wildman–Crippen LogP) is 2.84. The number of halogens is 1. The van der Waals surface area contributed by atoms with Crippen molar-refractivity contribution >= 4 is 23.2 Å². The van der Waals surface area contributed by atoms with E-state index in [9.17, 15) is 4.79 Å². The van der Waals surface area contributed by atoms with Gasteiger partial charge in [0.05, 0.1) is 18.9 Å². The van der Waals surface area contributed by atoms with Gasteiger partial charge >= 0.3 is 0 Å². The summed E-state index contributed by atoms with van der Waals surface area (Å²) in [6.07, 6.45) is 3.84. The van der Waals surface area contributed by atoms with Gasteiger partial charge in [0.2, 0.25) is 5.91 Å². The van der Waals surface area contributed by atoms with Crippen molar-refractivity contribution in [2.75, 3.05) is 32.1 Å². The van der Waals surface area contributed by atoms with Crippen molar-refractivity contribution in [1.82, 2.24) is 5.32 Å². The molecule has 122 valence electrons. The molecule has 1 aromatic rings. The van der Waals surface area contributed by atoms with Gasteiger partial charge in [-0.25, -0.2) is 0 Å². The summed E-state index contributed by atoms with van der Waals surface area (Å²) < 4.78 is 10.8. The summed E-state index contributed by atoms with van der Waals surface area (Å²) in [6, 6.07) is 5.35. The quantitative estimate of drug-likeness (QED) is 0.771. The first-order chi connectivity index (χ1) is 10.7. The van der Waals surface area contributed by atoms with Crippen LogP contribution in [0, 0.1) is 0 Å². The number of nitrogens with one attached hydrogen (secondary N) is 2. The molecule has 0 aromatic heterocycles. The average Bonchev–Trinajstić information content (AvgIpc) is 3.01. The normalized spacial score (nSPS) is 17.3. The molecule has 2 rings (SSSR count). The van der Waals surface area contributed by atoms with Gasteiger partial charge in [-0.3, -0.25) is 4.79 Å². The van der Waals surface area contributed by atoms with Crippen LogP contribution < -0.4 is 15.4 Å². The van der Waals surface area contributed by atoms with Crippen LogP contribution in [0.25, 0.3) is 0 Å². The minimum atomic E-state index is 0.0338. The number of amides is 1. The summed E-state index contributed by atoms with van der Waals surface area (Å²) in [4.78, 5) is 11.8. The van der Waals surface area contributed by atoms with E-state index in [0.29, 0.717) is 36.4 Å². The molecule has 0 spiro atoms. The van der Waals surface area contributed by atoms with E-state index in [4.69, 9.17) is 21.1 Å². The van der Waals surface area contributed by atoms with Crippen LogP contribution in [0.4, 0.5) is 5.69 Å². The topological polar surface area (TPSA) is 59.6 Å². The third kappa shape index (κ3) is 5.39. The number of carbonyl (C=O) groups is 1. The Hall–Kier alpha value is -1.46. The molecule has 1 saturated heterocycles. The Labute approximate surface area is 136 Å². The monoisotopic (exact) mass is 326 g/mol. The number of rotatable bonds is 8. The van der Waals surface area contributed by atoms with Crippen LogP contribution in [-0.4, -0.2) is 38.8 Å². The first kappa shape index (κ1) is 16.9. The maximum absolute atomic E-state index is 11.8. The van der Waals surface area contributed by atoms with Crippen LogP contribution in [0.2, 0.25) is 5.02 Å². The lowest BCUT2D eigenvalue weighted by atomic mass is 10.2. The number of methoxy groups -OCH3 is 1. The molecule has 2 N–H and O–H groups in total. The van der Waals surface area contributed by atoms with Crippen LogP contribution in [0.15, 0.2) is 18.2 Å². The van der Waals surface area contributed by atoms with Gasteiger partial charge in [0.1, 0.15) is 5.75 Å². The number of hydrogen-bond acceptors (Lipinski definition) is 4. The molecule has 1 aliphatic rings. The Kier molecular flexibility index (Phi) is 6.80. The molecule has 1 fully saturated rings. The van der Waals surface area contributed by atoms with Crippen LogP contribution in [-0.2, 0) is 9.53 Å². The van der Waals surface area contributed by atoms with E-state index in [1.54, 1.807) is 25.3 Å². The Morgan fingerprint density at radius 1 is 1.45 bits per heavy atom. The third-order valence-corrected chi connectivity index (χ3v) is 3.88. The van der Waals surface area contributed by atoms with Crippen molar-refractivity contribution in [2.24, 2.45) is 0 Å². The molecule has 1 aliphatic heterocycles. The smallest absolute Gasteiger partial charge is 0.221 e. The second-order valence-electron chi connectivity index (χ2n) is 5.30. The Balaban J connectivity index is 1.65. The average molecular weight is 327 g/mol. The lowest BCUT2D eigenvalue weighted by molar-refractivity contribution is -0.120. The van der Waals surface area contributed by atoms with Crippen molar-refractivity contribution in [3.63, 3.8) is 0 Å². The van der Waals surface area contributed by atoms with Gasteiger partial charge < -0.3 is 20.1 Å². The van der Waals surface area contributed by atoms with Gasteiger partial charge in [0.25, 0.3) is 0 Å². The minimum absolute atomic E-state index is 0.0338. The van der Waals surface area contributed by atoms with E-state index >= 15 is 0 Å². The zero-order valence-corrected chi connectivity index (χ0v) is 13.6. The minimum Gasteiger partial charge on any atom is -0.495 e. The third-order valence-electron chi connectivity index (χ3n) is 3.64. The highest BCUT2D eigenvalue weighted by Gasteiger charge is 2.15. The molecule has 1 heterocycles. The molecule has 1 amide bonds. The maximum Gasteiger partial charge on any atom is 0.221 e. The number of carbonyl (C=O) groups excluding carboxylic acids is 1. The molecule has 1 atom stereocenters. The molecule has 1 aromatic carbocycles. The second kappa shape index (κ2) is 8.86. The van der Waals surface area contributed by atoms with Crippen molar-refractivity contribution < 1.29 is 14.3 Å². The first-order valence-electron chi connectivity index (χ1n) is 7.65. The number of ether oxygens (including phenoxy) is 2. The molecule has 0 unspecified atom stereocenters. The maximum atomic E-state index is 11.8. The fourth-order valence-corrected chi connectivity index (χ4v) is 2.63. The molecule has 6 heteroatoms. The van der Waals surface area contributed by atoms with E-state index in [-0.39, 0.29) is 5.91 Å². The van der Waals surface area contributed by atoms with Crippen LogP contribution in [0.5, 0.6) is 5.75 Å². The largest absolute Gasteiger partial charge is 0.495 e. The zero-order valence-electron chi connectivity index (χ0n) is 12.9. The first-order valence-corrected chi connectivity index (χ1v) is 8.02. The number of hydrogen-bond donors (Lipinski definition) is 2. The molecule has 5 nitrogen and oxygen atoms in total. The Bertz CT molecular complexity index is 490. The molecular weight excluding hydrogens is 304 g/mol. The summed E-state index contributed by atoms with van der Waals surface area (Å²) in [6.45, 7) is 2.05. The molecule has 0 radical (unpaired) electrons. The van der Waals surface area contributed by atoms with Gasteiger partial charge in [-0.2, -0.15) is 0 Å². The highest BCUT2D eigenvalue weighted by Crippen LogP contribution is 2.27. The van der Waals surface area contributed by atoms with Crippen LogP contribution in [0.1, 0.15) is 25.7 Å². The summed E-state index contributed by atoms with van der Waals surface area (Å²) in [5.41, 5.74) is 0.794. The van der Waals surface area contributed by atoms with Crippen molar-refractivity contribution in [2.45, 2.75) is 31.8 Å². The lowest BCUT2D eigenvalue weighted by Crippen LogP contribution is -2.28. The Morgan fingerprint density at radius 2 is 2.32 bits per heavy atom. The molecule has 0 aliphatic carbocycles. The fourth-order valence-electron chi connectivity index (χ4n) is 2.46. The Morgan fingerprint density at radius 3 is 3.05 bits per heavy atom. The molecule has 0 bridgehead atoms. The van der Waals surface area contributed by atoms with Crippen LogP contribution in [0.3, 0.4) is 0 Å². The lowest BCUT2D eigenvalue weighted by Gasteiger charge is -2.12. The highest BCUT2D eigenvalue weighted by molar-refractivity contribution is 6.30. The van der Waals surface area contributed by atoms with Gasteiger partial charge in [0.15, 0.2) is 0 Å². The molecular formula is C16H23ClN2O3. The van der Waals surface area contributed by atoms with Crippen molar-refractivity contribution in [3.05, 3.63) is 23.2 Å². The highest BCUT2D eigenvalue weighted by atomic mass is 35.5. The predicted molar refractivity (Wildman–Crippen MR) is 87.7 cm³/mol. The SMILES string of the molecule is COc1ccc(Cl)cc1NCCC(=O)NCC[C@@H]1CCCO1. The summed E-state index contributed by atoms with van der Waals surface area (Å²) in [7, 11) is 1.60. The summed E-state index contributed by atoms with van der Waals surface area (Å²) >= 11 is 5.96. The summed E-state index contributed by atoms with van der Waals surface area (Å²) in [5.74, 6) is 0.745. The van der Waals surface area contributed by atoms with Crippen molar-refractivity contribution in [1.29, 1.82) is 0 Å². The summed E-state index contributed by atoms with van der Waals surface area (Å²) in [5, 5.41) is 6.72. The van der Waals surface area contributed by atoms with E-state index in [1.165, 1.54) is 0 Å². The van der Waals surface area contributed by atoms with E-state index in [0.717, 1.165) is 31.6 Å². The van der Waals surface area contributed by atoms with E-state index in [1.807, 2.05) is 0 Å². The van der Waals surface area contributed by atoms with Gasteiger partial charge in [0, 0.05) is 31.1 Å². The van der Waals surface area contributed by atoms with Crippen LogP contribution >= 0.6 is 11.6 Å². The zero-order chi connectivity index (χ0) is 15.8. The van der Waals surface area contributed by atoms with E-state index < -0.39 is 0 Å². The number of anilines is 1. The fraction of sp³-hybridized carbons (Fsp3) is 0.562. The van der Waals surface area contributed by atoms with Gasteiger partial charge in [-0.05, 0) is 37.5 Å². The van der Waals surface area contributed by atoms with Gasteiger partial charge in [-0.1, -0.05) is 11.6 Å². The second-order valence-corrected chi connectivity index (χ2v) is 5.73. The number of benzene rings is 1. The standard InChI is InChI=1S/C16H23ClN2O3/c1-21-15-5-4-12(17)11-14(15)18-9-7-16(20)19-8-6-13-3-2-10-22-13/h4-5,11,13,18H,2-3,6-10H2,1H3,(H,19,20)/t13-/m0/s1. The van der Waals surface area contributed by atoms with Gasteiger partial charge in [-0.15, -0.1) is 0 Å².